The molecule has 0 unspecified atom stereocenters. The summed E-state index contributed by atoms with van der Waals surface area (Å²) in [6.07, 6.45) is 2.80. The highest BCUT2D eigenvalue weighted by Crippen LogP contribution is 2.31. The molecule has 110 valence electrons. The number of aryl methyl sites for hydroxylation is 1. The van der Waals surface area contributed by atoms with Crippen molar-refractivity contribution in [3.8, 4) is 0 Å². The topological polar surface area (TPSA) is 90.5 Å². The lowest BCUT2D eigenvalue weighted by Gasteiger charge is -2.30. The molecule has 2 aromatic rings. The number of carboxylic acid groups (broad SMARTS) is 1. The van der Waals surface area contributed by atoms with E-state index in [1.54, 1.807) is 12.1 Å². The van der Waals surface area contributed by atoms with Crippen LogP contribution in [0.15, 0.2) is 41.4 Å². The molecule has 21 heavy (non-hydrogen) atoms. The summed E-state index contributed by atoms with van der Waals surface area (Å²) in [6, 6.07) is 8.52. The number of benzene rings is 1. The van der Waals surface area contributed by atoms with Crippen LogP contribution in [0, 0.1) is 0 Å². The van der Waals surface area contributed by atoms with E-state index in [1.807, 2.05) is 12.1 Å². The third-order valence-electron chi connectivity index (χ3n) is 3.54. The number of para-hydroxylation sites is 1. The molecule has 0 bridgehead atoms. The van der Waals surface area contributed by atoms with Crippen molar-refractivity contribution < 1.29 is 18.3 Å². The van der Waals surface area contributed by atoms with Crippen LogP contribution >= 0.6 is 0 Å². The van der Waals surface area contributed by atoms with Gasteiger partial charge in [-0.15, -0.1) is 0 Å². The molecule has 3 rings (SSSR count). The van der Waals surface area contributed by atoms with Crippen molar-refractivity contribution in [2.45, 2.75) is 17.7 Å². The average molecular weight is 306 g/mol. The largest absolute Gasteiger partial charge is 0.477 e. The number of aromatic amines is 1. The first-order valence-electron chi connectivity index (χ1n) is 6.52. The maximum atomic E-state index is 12.7. The molecule has 0 radical (unpaired) electrons. The fourth-order valence-corrected chi connectivity index (χ4v) is 4.06. The smallest absolute Gasteiger partial charge is 0.352 e. The highest BCUT2D eigenvalue weighted by molar-refractivity contribution is 7.92. The van der Waals surface area contributed by atoms with Crippen molar-refractivity contribution in [1.82, 2.24) is 4.98 Å². The van der Waals surface area contributed by atoms with Crippen molar-refractivity contribution in [2.24, 2.45) is 0 Å². The second-order valence-corrected chi connectivity index (χ2v) is 6.73. The zero-order chi connectivity index (χ0) is 15.0. The standard InChI is InChI=1S/C14H14N2O4S/c17-14(18)12-8-11(9-15-12)21(19,20)16-7-3-5-10-4-1-2-6-13(10)16/h1-2,4,6,8-9,15H,3,5,7H2,(H,17,18). The average Bonchev–Trinajstić information content (AvgIpc) is 2.97. The number of aromatic nitrogens is 1. The Balaban J connectivity index is 2.05. The van der Waals surface area contributed by atoms with Gasteiger partial charge in [-0.1, -0.05) is 18.2 Å². The Morgan fingerprint density at radius 2 is 2.05 bits per heavy atom. The Hall–Kier alpha value is -2.28. The van der Waals surface area contributed by atoms with Gasteiger partial charge in [0, 0.05) is 12.7 Å². The molecular weight excluding hydrogens is 292 g/mol. The quantitative estimate of drug-likeness (QED) is 0.905. The number of anilines is 1. The number of fused-ring (bicyclic) bond motifs is 1. The molecule has 1 aromatic heterocycles. The van der Waals surface area contributed by atoms with E-state index in [1.165, 1.54) is 10.5 Å². The molecule has 2 N–H and O–H groups in total. The number of carboxylic acids is 1. The molecule has 2 heterocycles. The predicted octanol–water partition coefficient (Wildman–Crippen LogP) is 1.85. The van der Waals surface area contributed by atoms with E-state index in [0.29, 0.717) is 12.2 Å². The van der Waals surface area contributed by atoms with Gasteiger partial charge in [0.15, 0.2) is 0 Å². The number of rotatable bonds is 3. The van der Waals surface area contributed by atoms with E-state index in [9.17, 15) is 13.2 Å². The minimum absolute atomic E-state index is 0.0309. The number of hydrogen-bond donors (Lipinski definition) is 2. The summed E-state index contributed by atoms with van der Waals surface area (Å²) in [6.45, 7) is 0.396. The summed E-state index contributed by atoms with van der Waals surface area (Å²) in [5, 5.41) is 8.89. The van der Waals surface area contributed by atoms with Crippen LogP contribution in [0.1, 0.15) is 22.5 Å². The molecule has 7 heteroatoms. The maximum absolute atomic E-state index is 12.7. The molecule has 0 saturated heterocycles. The fourth-order valence-electron chi connectivity index (χ4n) is 2.52. The molecule has 1 aliphatic rings. The van der Waals surface area contributed by atoms with E-state index in [4.69, 9.17) is 5.11 Å². The minimum Gasteiger partial charge on any atom is -0.477 e. The minimum atomic E-state index is -3.75. The van der Waals surface area contributed by atoms with E-state index in [2.05, 4.69) is 4.98 Å². The number of carbonyl (C=O) groups is 1. The first-order chi connectivity index (χ1) is 10.00. The predicted molar refractivity (Wildman–Crippen MR) is 77.0 cm³/mol. The molecule has 1 aliphatic heterocycles. The van der Waals surface area contributed by atoms with Gasteiger partial charge in [-0.25, -0.2) is 13.2 Å². The van der Waals surface area contributed by atoms with Crippen LogP contribution in [0.2, 0.25) is 0 Å². The number of nitrogens with zero attached hydrogens (tertiary/aromatic N) is 1. The van der Waals surface area contributed by atoms with Gasteiger partial charge in [0.05, 0.1) is 5.69 Å². The third-order valence-corrected chi connectivity index (χ3v) is 5.33. The number of sulfonamides is 1. The van der Waals surface area contributed by atoms with E-state index in [0.717, 1.165) is 24.5 Å². The van der Waals surface area contributed by atoms with Crippen LogP contribution < -0.4 is 4.31 Å². The van der Waals surface area contributed by atoms with Crippen molar-refractivity contribution in [3.63, 3.8) is 0 Å². The van der Waals surface area contributed by atoms with Gasteiger partial charge < -0.3 is 10.1 Å². The van der Waals surface area contributed by atoms with Gasteiger partial charge in [-0.2, -0.15) is 0 Å². The molecular formula is C14H14N2O4S. The summed E-state index contributed by atoms with van der Waals surface area (Å²) in [5.41, 5.74) is 1.52. The summed E-state index contributed by atoms with van der Waals surface area (Å²) < 4.78 is 26.7. The molecule has 6 nitrogen and oxygen atoms in total. The first-order valence-corrected chi connectivity index (χ1v) is 7.96. The molecule has 0 amide bonds. The molecule has 1 aromatic carbocycles. The van der Waals surface area contributed by atoms with E-state index < -0.39 is 16.0 Å². The van der Waals surface area contributed by atoms with E-state index in [-0.39, 0.29) is 10.6 Å². The van der Waals surface area contributed by atoms with Gasteiger partial charge >= 0.3 is 5.97 Å². The van der Waals surface area contributed by atoms with Crippen LogP contribution in [-0.4, -0.2) is 31.0 Å². The lowest BCUT2D eigenvalue weighted by Crippen LogP contribution is -2.35. The van der Waals surface area contributed by atoms with Gasteiger partial charge in [-0.05, 0) is 30.5 Å². The first kappa shape index (κ1) is 13.7. The second-order valence-electron chi connectivity index (χ2n) is 4.86. The number of nitrogens with one attached hydrogen (secondary N) is 1. The second kappa shape index (κ2) is 4.92. The van der Waals surface area contributed by atoms with Gasteiger partial charge in [0.2, 0.25) is 0 Å². The zero-order valence-electron chi connectivity index (χ0n) is 11.1. The van der Waals surface area contributed by atoms with Gasteiger partial charge in [0.25, 0.3) is 10.0 Å². The van der Waals surface area contributed by atoms with Crippen molar-refractivity contribution in [3.05, 3.63) is 47.8 Å². The Kier molecular flexibility index (Phi) is 3.21. The Morgan fingerprint density at radius 1 is 1.29 bits per heavy atom. The number of aromatic carboxylic acids is 1. The van der Waals surface area contributed by atoms with Gasteiger partial charge in [-0.3, -0.25) is 4.31 Å². The van der Waals surface area contributed by atoms with Crippen LogP contribution in [-0.2, 0) is 16.4 Å². The van der Waals surface area contributed by atoms with Crippen molar-refractivity contribution >= 4 is 21.7 Å². The normalized spacial score (nSPS) is 14.8. The highest BCUT2D eigenvalue weighted by atomic mass is 32.2. The fraction of sp³-hybridized carbons (Fsp3) is 0.214. The SMILES string of the molecule is O=C(O)c1cc(S(=O)(=O)N2CCCc3ccccc32)c[nH]1. The van der Waals surface area contributed by atoms with Crippen LogP contribution in [0.5, 0.6) is 0 Å². The summed E-state index contributed by atoms with van der Waals surface area (Å²) in [7, 11) is -3.75. The lowest BCUT2D eigenvalue weighted by molar-refractivity contribution is 0.0691. The van der Waals surface area contributed by atoms with Crippen molar-refractivity contribution in [2.75, 3.05) is 10.8 Å². The van der Waals surface area contributed by atoms with Crippen LogP contribution in [0.25, 0.3) is 0 Å². The van der Waals surface area contributed by atoms with E-state index >= 15 is 0 Å². The maximum Gasteiger partial charge on any atom is 0.352 e. The van der Waals surface area contributed by atoms with Gasteiger partial charge in [0.1, 0.15) is 10.6 Å². The number of hydrogen-bond acceptors (Lipinski definition) is 3. The summed E-state index contributed by atoms with van der Waals surface area (Å²) in [5.74, 6) is -1.18. The summed E-state index contributed by atoms with van der Waals surface area (Å²) in [4.78, 5) is 13.3. The number of H-pyrrole nitrogens is 1. The Labute approximate surface area is 122 Å². The zero-order valence-corrected chi connectivity index (χ0v) is 11.9. The van der Waals surface area contributed by atoms with Crippen LogP contribution in [0.4, 0.5) is 5.69 Å². The molecule has 0 fully saturated rings. The molecule has 0 spiro atoms. The Morgan fingerprint density at radius 3 is 2.76 bits per heavy atom. The van der Waals surface area contributed by atoms with Crippen molar-refractivity contribution in [1.29, 1.82) is 0 Å². The Bertz CT molecular complexity index is 795. The van der Waals surface area contributed by atoms with Crippen LogP contribution in [0.3, 0.4) is 0 Å². The molecule has 0 atom stereocenters. The lowest BCUT2D eigenvalue weighted by atomic mass is 10.0. The molecule has 0 saturated carbocycles. The third kappa shape index (κ3) is 2.29. The molecule has 0 aliphatic carbocycles. The monoisotopic (exact) mass is 306 g/mol. The highest BCUT2D eigenvalue weighted by Gasteiger charge is 2.30. The summed E-state index contributed by atoms with van der Waals surface area (Å²) >= 11 is 0.